The van der Waals surface area contributed by atoms with Gasteiger partial charge in [-0.05, 0) is 24.6 Å². The number of nitriles is 1. The Morgan fingerprint density at radius 1 is 1.62 bits per heavy atom. The summed E-state index contributed by atoms with van der Waals surface area (Å²) in [6.07, 6.45) is -0.509. The molecule has 3 heteroatoms. The van der Waals surface area contributed by atoms with E-state index in [0.717, 1.165) is 5.56 Å². The molecule has 0 heterocycles. The molecular weight excluding hydrogens is 166 g/mol. The predicted octanol–water partition coefficient (Wildman–Crippen LogP) is 1.64. The Bertz CT molecular complexity index is 315. The molecule has 0 amide bonds. The van der Waals surface area contributed by atoms with E-state index in [4.69, 9.17) is 10.00 Å². The molecule has 0 aliphatic carbocycles. The van der Waals surface area contributed by atoms with Crippen LogP contribution in [-0.4, -0.2) is 11.7 Å². The third-order valence-electron chi connectivity index (χ3n) is 1.64. The van der Waals surface area contributed by atoms with Gasteiger partial charge in [0.15, 0.2) is 6.61 Å². The Hall–Kier alpha value is -1.53. The average Bonchev–Trinajstić information content (AvgIpc) is 2.15. The highest BCUT2D eigenvalue weighted by Crippen LogP contribution is 2.18. The van der Waals surface area contributed by atoms with Crippen LogP contribution in [-0.2, 0) is 0 Å². The first-order valence-corrected chi connectivity index (χ1v) is 4.02. The fourth-order valence-corrected chi connectivity index (χ4v) is 0.980. The van der Waals surface area contributed by atoms with Crippen LogP contribution in [0.3, 0.4) is 0 Å². The van der Waals surface area contributed by atoms with Crippen LogP contribution in [0.1, 0.15) is 18.6 Å². The zero-order chi connectivity index (χ0) is 9.68. The van der Waals surface area contributed by atoms with Gasteiger partial charge in [0.25, 0.3) is 0 Å². The molecule has 1 atom stereocenters. The lowest BCUT2D eigenvalue weighted by Crippen LogP contribution is -1.96. The highest BCUT2D eigenvalue weighted by atomic mass is 16.5. The van der Waals surface area contributed by atoms with Gasteiger partial charge < -0.3 is 9.84 Å². The molecule has 13 heavy (non-hydrogen) atoms. The number of aliphatic hydroxyl groups is 1. The van der Waals surface area contributed by atoms with Crippen molar-refractivity contribution >= 4 is 0 Å². The van der Waals surface area contributed by atoms with E-state index in [-0.39, 0.29) is 6.61 Å². The molecule has 0 saturated heterocycles. The van der Waals surface area contributed by atoms with Crippen LogP contribution in [0.5, 0.6) is 5.75 Å². The van der Waals surface area contributed by atoms with Gasteiger partial charge in [-0.1, -0.05) is 12.1 Å². The summed E-state index contributed by atoms with van der Waals surface area (Å²) in [5.41, 5.74) is 0.787. The zero-order valence-corrected chi connectivity index (χ0v) is 7.40. The summed E-state index contributed by atoms with van der Waals surface area (Å²) < 4.78 is 5.07. The average molecular weight is 177 g/mol. The van der Waals surface area contributed by atoms with Crippen molar-refractivity contribution in [2.45, 2.75) is 13.0 Å². The predicted molar refractivity (Wildman–Crippen MR) is 48.2 cm³/mol. The van der Waals surface area contributed by atoms with Gasteiger partial charge in [0.2, 0.25) is 0 Å². The molecule has 0 aromatic heterocycles. The maximum atomic E-state index is 9.25. The molecule has 0 bridgehead atoms. The fraction of sp³-hybridized carbons (Fsp3) is 0.300. The molecule has 1 N–H and O–H groups in total. The fourth-order valence-electron chi connectivity index (χ4n) is 0.980. The number of hydrogen-bond acceptors (Lipinski definition) is 3. The van der Waals surface area contributed by atoms with Crippen molar-refractivity contribution < 1.29 is 9.84 Å². The maximum absolute atomic E-state index is 9.25. The number of nitrogens with zero attached hydrogens (tertiary/aromatic N) is 1. The van der Waals surface area contributed by atoms with E-state index in [1.165, 1.54) is 0 Å². The van der Waals surface area contributed by atoms with Crippen LogP contribution >= 0.6 is 0 Å². The lowest BCUT2D eigenvalue weighted by molar-refractivity contribution is 0.198. The molecule has 0 aliphatic rings. The third kappa shape index (κ3) is 2.77. The number of ether oxygens (including phenoxy) is 1. The van der Waals surface area contributed by atoms with Gasteiger partial charge in [0.05, 0.1) is 6.10 Å². The van der Waals surface area contributed by atoms with Crippen LogP contribution in [0.2, 0.25) is 0 Å². The second-order valence-electron chi connectivity index (χ2n) is 2.70. The summed E-state index contributed by atoms with van der Waals surface area (Å²) in [4.78, 5) is 0. The highest BCUT2D eigenvalue weighted by Gasteiger charge is 2.01. The van der Waals surface area contributed by atoms with Gasteiger partial charge in [0, 0.05) is 0 Å². The summed E-state index contributed by atoms with van der Waals surface area (Å²) in [5.74, 6) is 0.611. The van der Waals surface area contributed by atoms with Gasteiger partial charge in [-0.2, -0.15) is 5.26 Å². The second-order valence-corrected chi connectivity index (χ2v) is 2.70. The minimum absolute atomic E-state index is 0.0310. The number of aliphatic hydroxyl groups excluding tert-OH is 1. The Morgan fingerprint density at radius 3 is 3.00 bits per heavy atom. The van der Waals surface area contributed by atoms with E-state index in [2.05, 4.69) is 0 Å². The Labute approximate surface area is 77.2 Å². The molecule has 1 aromatic rings. The number of hydrogen-bond donors (Lipinski definition) is 1. The van der Waals surface area contributed by atoms with Gasteiger partial charge in [-0.3, -0.25) is 0 Å². The minimum atomic E-state index is -0.509. The Kier molecular flexibility index (Phi) is 3.30. The van der Waals surface area contributed by atoms with E-state index >= 15 is 0 Å². The van der Waals surface area contributed by atoms with Crippen molar-refractivity contribution in [3.05, 3.63) is 29.8 Å². The van der Waals surface area contributed by atoms with Crippen LogP contribution < -0.4 is 4.74 Å². The molecule has 1 rings (SSSR count). The quantitative estimate of drug-likeness (QED) is 0.763. The maximum Gasteiger partial charge on any atom is 0.174 e. The van der Waals surface area contributed by atoms with Gasteiger partial charge in [-0.25, -0.2) is 0 Å². The summed E-state index contributed by atoms with van der Waals surface area (Å²) in [7, 11) is 0. The molecule has 0 unspecified atom stereocenters. The largest absolute Gasteiger partial charge is 0.479 e. The lowest BCUT2D eigenvalue weighted by Gasteiger charge is -2.06. The molecule has 0 saturated carbocycles. The van der Waals surface area contributed by atoms with E-state index in [1.54, 1.807) is 25.1 Å². The Balaban J connectivity index is 2.75. The van der Waals surface area contributed by atoms with Gasteiger partial charge >= 0.3 is 0 Å². The molecule has 3 nitrogen and oxygen atoms in total. The first-order chi connectivity index (χ1) is 6.24. The van der Waals surface area contributed by atoms with Crippen molar-refractivity contribution in [2.24, 2.45) is 0 Å². The second kappa shape index (κ2) is 4.48. The topological polar surface area (TPSA) is 53.2 Å². The third-order valence-corrected chi connectivity index (χ3v) is 1.64. The van der Waals surface area contributed by atoms with E-state index in [9.17, 15) is 5.11 Å². The normalized spacial score (nSPS) is 11.8. The SMILES string of the molecule is C[C@H](O)c1cccc(OCC#N)c1. The number of rotatable bonds is 3. The molecule has 68 valence electrons. The van der Waals surface area contributed by atoms with Gasteiger partial charge in [-0.15, -0.1) is 0 Å². The highest BCUT2D eigenvalue weighted by molar-refractivity contribution is 5.29. The van der Waals surface area contributed by atoms with Crippen LogP contribution in [0, 0.1) is 11.3 Å². The smallest absolute Gasteiger partial charge is 0.174 e. The zero-order valence-electron chi connectivity index (χ0n) is 7.40. The van der Waals surface area contributed by atoms with Crippen LogP contribution in [0.4, 0.5) is 0 Å². The standard InChI is InChI=1S/C10H11NO2/c1-8(12)9-3-2-4-10(7-9)13-6-5-11/h2-4,7-8,12H,6H2,1H3/t8-/m0/s1. The molecule has 0 aliphatic heterocycles. The molecular formula is C10H11NO2. The van der Waals surface area contributed by atoms with Crippen LogP contribution in [0.15, 0.2) is 24.3 Å². The van der Waals surface area contributed by atoms with Crippen molar-refractivity contribution in [2.75, 3.05) is 6.61 Å². The first kappa shape index (κ1) is 9.56. The molecule has 0 spiro atoms. The van der Waals surface area contributed by atoms with Crippen molar-refractivity contribution in [3.8, 4) is 11.8 Å². The lowest BCUT2D eigenvalue weighted by atomic mass is 10.1. The summed E-state index contributed by atoms with van der Waals surface area (Å²) in [5, 5.41) is 17.5. The minimum Gasteiger partial charge on any atom is -0.479 e. The Morgan fingerprint density at radius 2 is 2.38 bits per heavy atom. The van der Waals surface area contributed by atoms with E-state index < -0.39 is 6.10 Å². The van der Waals surface area contributed by atoms with E-state index in [0.29, 0.717) is 5.75 Å². The summed E-state index contributed by atoms with van der Waals surface area (Å²) in [6.45, 7) is 1.71. The van der Waals surface area contributed by atoms with Gasteiger partial charge in [0.1, 0.15) is 11.8 Å². The summed E-state index contributed by atoms with van der Waals surface area (Å²) in [6, 6.07) is 8.95. The van der Waals surface area contributed by atoms with Crippen molar-refractivity contribution in [1.82, 2.24) is 0 Å². The molecule has 0 fully saturated rings. The molecule has 1 aromatic carbocycles. The van der Waals surface area contributed by atoms with Crippen molar-refractivity contribution in [1.29, 1.82) is 5.26 Å². The number of benzene rings is 1. The van der Waals surface area contributed by atoms with E-state index in [1.807, 2.05) is 12.1 Å². The molecule has 0 radical (unpaired) electrons. The van der Waals surface area contributed by atoms with Crippen LogP contribution in [0.25, 0.3) is 0 Å². The monoisotopic (exact) mass is 177 g/mol. The first-order valence-electron chi connectivity index (χ1n) is 4.02. The summed E-state index contributed by atoms with van der Waals surface area (Å²) >= 11 is 0. The van der Waals surface area contributed by atoms with Crippen molar-refractivity contribution in [3.63, 3.8) is 0 Å².